The zero-order chi connectivity index (χ0) is 24.4. The molecule has 0 radical (unpaired) electrons. The number of allylic oxidation sites excluding steroid dienone is 1. The van der Waals surface area contributed by atoms with Crippen LogP contribution in [-0.4, -0.2) is 17.1 Å². The van der Waals surface area contributed by atoms with Gasteiger partial charge in [-0.05, 0) is 80.7 Å². The first-order valence-electron chi connectivity index (χ1n) is 11.1. The molecule has 0 aliphatic heterocycles. The summed E-state index contributed by atoms with van der Waals surface area (Å²) in [6.07, 6.45) is 1.78. The molecule has 5 aromatic rings. The van der Waals surface area contributed by atoms with Gasteiger partial charge in [0.05, 0.1) is 28.2 Å². The number of aromatic nitrogens is 2. The van der Waals surface area contributed by atoms with Gasteiger partial charge >= 0.3 is 0 Å². The molecule has 35 heavy (non-hydrogen) atoms. The number of aromatic amines is 1. The van der Waals surface area contributed by atoms with Gasteiger partial charge in [0.1, 0.15) is 18.5 Å². The second-order valence-corrected chi connectivity index (χ2v) is 9.09. The minimum atomic E-state index is 0.396. The number of H-pyrrole nitrogens is 1. The van der Waals surface area contributed by atoms with E-state index in [1.807, 2.05) is 55.5 Å². The molecule has 0 atom stereocenters. The van der Waals surface area contributed by atoms with Crippen LogP contribution >= 0.6 is 15.9 Å². The summed E-state index contributed by atoms with van der Waals surface area (Å²) in [5.74, 6) is 1.71. The predicted octanol–water partition coefficient (Wildman–Crippen LogP) is 7.44. The molecule has 0 fully saturated rings. The molecule has 0 saturated heterocycles. The van der Waals surface area contributed by atoms with Crippen LogP contribution in [0.3, 0.4) is 0 Å². The van der Waals surface area contributed by atoms with Crippen LogP contribution in [-0.2, 0) is 6.61 Å². The first-order valence-corrected chi connectivity index (χ1v) is 11.9. The molecule has 0 amide bonds. The number of ether oxygens (including phenoxy) is 2. The lowest BCUT2D eigenvalue weighted by atomic mass is 10.1. The third-order valence-corrected chi connectivity index (χ3v) is 6.42. The number of nitrogens with one attached hydrogen (secondary N) is 1. The molecular weight excluding hydrogens is 502 g/mol. The van der Waals surface area contributed by atoms with Gasteiger partial charge in [-0.2, -0.15) is 5.26 Å². The average Bonchev–Trinajstić information content (AvgIpc) is 3.29. The number of hydrogen-bond donors (Lipinski definition) is 1. The fourth-order valence-corrected chi connectivity index (χ4v) is 4.68. The Kier molecular flexibility index (Phi) is 6.26. The Labute approximate surface area is 211 Å². The van der Waals surface area contributed by atoms with Crippen molar-refractivity contribution in [1.29, 1.82) is 5.26 Å². The van der Waals surface area contributed by atoms with Gasteiger partial charge in [-0.3, -0.25) is 0 Å². The van der Waals surface area contributed by atoms with Crippen molar-refractivity contribution in [3.63, 3.8) is 0 Å². The van der Waals surface area contributed by atoms with E-state index in [1.54, 1.807) is 13.2 Å². The number of fused-ring (bicyclic) bond motifs is 2. The molecule has 4 aromatic carbocycles. The van der Waals surface area contributed by atoms with Gasteiger partial charge in [-0.1, -0.05) is 48.5 Å². The topological polar surface area (TPSA) is 70.9 Å². The first-order chi connectivity index (χ1) is 17.1. The predicted molar refractivity (Wildman–Crippen MR) is 143 cm³/mol. The molecular formula is C29H22BrN3O2. The fraction of sp³-hybridized carbons (Fsp3) is 0.103. The SMILES string of the molecule is COc1cc(/C=C(\C#N)c2nc3ccc(C)cc3[nH]2)cc(Br)c1OCc1cccc2ccccc12. The van der Waals surface area contributed by atoms with E-state index in [-0.39, 0.29) is 0 Å². The summed E-state index contributed by atoms with van der Waals surface area (Å²) >= 11 is 3.63. The molecule has 6 heteroatoms. The minimum absolute atomic E-state index is 0.396. The van der Waals surface area contributed by atoms with Crippen molar-refractivity contribution in [2.24, 2.45) is 0 Å². The Balaban J connectivity index is 1.45. The van der Waals surface area contributed by atoms with Crippen molar-refractivity contribution in [2.75, 3.05) is 7.11 Å². The van der Waals surface area contributed by atoms with Gasteiger partial charge in [0, 0.05) is 0 Å². The van der Waals surface area contributed by atoms with Gasteiger partial charge < -0.3 is 14.5 Å². The quantitative estimate of drug-likeness (QED) is 0.235. The van der Waals surface area contributed by atoms with E-state index in [0.29, 0.717) is 29.5 Å². The number of hydrogen-bond acceptors (Lipinski definition) is 4. The van der Waals surface area contributed by atoms with E-state index in [2.05, 4.69) is 56.2 Å². The second-order valence-electron chi connectivity index (χ2n) is 8.24. The molecule has 0 saturated carbocycles. The first kappa shape index (κ1) is 22.7. The van der Waals surface area contributed by atoms with Crippen LogP contribution in [0.4, 0.5) is 0 Å². The summed E-state index contributed by atoms with van der Waals surface area (Å²) in [6.45, 7) is 2.42. The number of nitrogens with zero attached hydrogens (tertiary/aromatic N) is 2. The summed E-state index contributed by atoms with van der Waals surface area (Å²) in [5.41, 5.74) is 5.16. The zero-order valence-corrected chi connectivity index (χ0v) is 20.9. The highest BCUT2D eigenvalue weighted by molar-refractivity contribution is 9.10. The van der Waals surface area contributed by atoms with Crippen molar-refractivity contribution >= 4 is 49.4 Å². The van der Waals surface area contributed by atoms with E-state index < -0.39 is 0 Å². The third kappa shape index (κ3) is 4.64. The van der Waals surface area contributed by atoms with E-state index in [1.165, 1.54) is 5.39 Å². The highest BCUT2D eigenvalue weighted by Gasteiger charge is 2.14. The molecule has 0 bridgehead atoms. The molecule has 0 aliphatic carbocycles. The Hall–Kier alpha value is -4.08. The maximum absolute atomic E-state index is 9.82. The summed E-state index contributed by atoms with van der Waals surface area (Å²) in [7, 11) is 1.60. The monoisotopic (exact) mass is 523 g/mol. The lowest BCUT2D eigenvalue weighted by Crippen LogP contribution is -2.00. The number of nitriles is 1. The fourth-order valence-electron chi connectivity index (χ4n) is 4.10. The summed E-state index contributed by atoms with van der Waals surface area (Å²) < 4.78 is 12.6. The van der Waals surface area contributed by atoms with E-state index in [4.69, 9.17) is 9.47 Å². The van der Waals surface area contributed by atoms with Gasteiger partial charge in [0.15, 0.2) is 11.5 Å². The van der Waals surface area contributed by atoms with Crippen LogP contribution in [0.1, 0.15) is 22.5 Å². The largest absolute Gasteiger partial charge is 0.493 e. The molecule has 5 rings (SSSR count). The molecule has 5 nitrogen and oxygen atoms in total. The van der Waals surface area contributed by atoms with Gasteiger partial charge in [0.2, 0.25) is 0 Å². The molecule has 1 N–H and O–H groups in total. The van der Waals surface area contributed by atoms with E-state index >= 15 is 0 Å². The number of methoxy groups -OCH3 is 1. The number of halogens is 1. The lowest BCUT2D eigenvalue weighted by Gasteiger charge is -2.15. The molecule has 0 spiro atoms. The number of aryl methyl sites for hydroxylation is 1. The Bertz CT molecular complexity index is 1620. The van der Waals surface area contributed by atoms with Crippen LogP contribution in [0.25, 0.3) is 33.5 Å². The number of rotatable bonds is 6. The number of imidazole rings is 1. The van der Waals surface area contributed by atoms with E-state index in [0.717, 1.165) is 37.6 Å². The maximum Gasteiger partial charge on any atom is 0.175 e. The van der Waals surface area contributed by atoms with E-state index in [9.17, 15) is 5.26 Å². The average molecular weight is 524 g/mol. The van der Waals surface area contributed by atoms with Crippen molar-refractivity contribution in [3.05, 3.63) is 99.8 Å². The molecule has 1 heterocycles. The van der Waals surface area contributed by atoms with Crippen molar-refractivity contribution in [3.8, 4) is 17.6 Å². The second kappa shape index (κ2) is 9.65. The van der Waals surface area contributed by atoms with Gasteiger partial charge in [0.25, 0.3) is 0 Å². The summed E-state index contributed by atoms with van der Waals surface area (Å²) in [5, 5.41) is 12.1. The van der Waals surface area contributed by atoms with Crippen LogP contribution in [0.15, 0.2) is 77.3 Å². The van der Waals surface area contributed by atoms with Crippen LogP contribution < -0.4 is 9.47 Å². The lowest BCUT2D eigenvalue weighted by molar-refractivity contribution is 0.283. The Morgan fingerprint density at radius 2 is 1.91 bits per heavy atom. The number of benzene rings is 4. The van der Waals surface area contributed by atoms with Crippen molar-refractivity contribution < 1.29 is 9.47 Å². The summed E-state index contributed by atoms with van der Waals surface area (Å²) in [6, 6.07) is 26.4. The Morgan fingerprint density at radius 3 is 2.74 bits per heavy atom. The molecule has 0 unspecified atom stereocenters. The highest BCUT2D eigenvalue weighted by atomic mass is 79.9. The van der Waals surface area contributed by atoms with Gasteiger partial charge in [-0.25, -0.2) is 4.98 Å². The standard InChI is InChI=1S/C29H22BrN3O2/c1-18-10-11-25-26(12-18)33-29(32-25)22(16-31)13-19-14-24(30)28(27(15-19)34-2)35-17-21-8-5-7-20-6-3-4-9-23(20)21/h3-15H,17H2,1-2H3,(H,32,33)/b22-13+. The highest BCUT2D eigenvalue weighted by Crippen LogP contribution is 2.38. The molecule has 0 aliphatic rings. The zero-order valence-electron chi connectivity index (χ0n) is 19.3. The maximum atomic E-state index is 9.82. The normalized spacial score (nSPS) is 11.5. The van der Waals surface area contributed by atoms with Gasteiger partial charge in [-0.15, -0.1) is 0 Å². The van der Waals surface area contributed by atoms with Crippen molar-refractivity contribution in [1.82, 2.24) is 9.97 Å². The molecule has 1 aromatic heterocycles. The van der Waals surface area contributed by atoms with Crippen LogP contribution in [0.2, 0.25) is 0 Å². The molecule has 172 valence electrons. The smallest absolute Gasteiger partial charge is 0.175 e. The summed E-state index contributed by atoms with van der Waals surface area (Å²) in [4.78, 5) is 7.82. The van der Waals surface area contributed by atoms with Crippen molar-refractivity contribution in [2.45, 2.75) is 13.5 Å². The minimum Gasteiger partial charge on any atom is -0.493 e. The third-order valence-electron chi connectivity index (χ3n) is 5.83. The van der Waals surface area contributed by atoms with Crippen LogP contribution in [0, 0.1) is 18.3 Å². The van der Waals surface area contributed by atoms with Crippen LogP contribution in [0.5, 0.6) is 11.5 Å². The Morgan fingerprint density at radius 1 is 1.09 bits per heavy atom.